The van der Waals surface area contributed by atoms with Gasteiger partial charge in [-0.05, 0) is 37.1 Å². The third-order valence-electron chi connectivity index (χ3n) is 5.02. The lowest BCUT2D eigenvalue weighted by molar-refractivity contribution is 0.0690. The van der Waals surface area contributed by atoms with Crippen molar-refractivity contribution in [2.24, 2.45) is 0 Å². The number of fused-ring (bicyclic) bond motifs is 1. The predicted octanol–water partition coefficient (Wildman–Crippen LogP) is 4.50. The lowest BCUT2D eigenvalue weighted by atomic mass is 10.1. The highest BCUT2D eigenvalue weighted by Crippen LogP contribution is 2.37. The number of nitrogens with zero attached hydrogens (tertiary/aromatic N) is 3. The van der Waals surface area contributed by atoms with Gasteiger partial charge in [-0.25, -0.2) is 9.78 Å². The SMILES string of the molecule is COc1ccc(COc2nc(N3c4ccccc4C[C@H]3C)ncc2C(=O)O)c(Cl)c1. The van der Waals surface area contributed by atoms with Crippen LogP contribution in [-0.2, 0) is 13.0 Å². The number of para-hydroxylation sites is 1. The number of carboxylic acids is 1. The van der Waals surface area contributed by atoms with Crippen LogP contribution in [0.2, 0.25) is 5.02 Å². The Bertz CT molecular complexity index is 1110. The molecule has 1 aliphatic rings. The molecule has 7 nitrogen and oxygen atoms in total. The normalized spacial score (nSPS) is 15.0. The molecule has 0 saturated carbocycles. The van der Waals surface area contributed by atoms with E-state index in [9.17, 15) is 9.90 Å². The van der Waals surface area contributed by atoms with E-state index in [-0.39, 0.29) is 24.1 Å². The Morgan fingerprint density at radius 3 is 2.83 bits per heavy atom. The highest BCUT2D eigenvalue weighted by atomic mass is 35.5. The van der Waals surface area contributed by atoms with E-state index in [1.807, 2.05) is 23.1 Å². The van der Waals surface area contributed by atoms with Gasteiger partial charge >= 0.3 is 5.97 Å². The molecular weight excluding hydrogens is 406 g/mol. The molecule has 1 aliphatic heterocycles. The van der Waals surface area contributed by atoms with Crippen LogP contribution in [0, 0.1) is 0 Å². The molecule has 1 atom stereocenters. The average molecular weight is 426 g/mol. The number of rotatable bonds is 6. The highest BCUT2D eigenvalue weighted by molar-refractivity contribution is 6.31. The van der Waals surface area contributed by atoms with Crippen molar-refractivity contribution in [1.82, 2.24) is 9.97 Å². The summed E-state index contributed by atoms with van der Waals surface area (Å²) in [7, 11) is 1.56. The molecule has 8 heteroatoms. The minimum Gasteiger partial charge on any atom is -0.497 e. The second-order valence-corrected chi connectivity index (χ2v) is 7.40. The van der Waals surface area contributed by atoms with E-state index in [0.717, 1.165) is 12.1 Å². The first-order chi connectivity index (χ1) is 14.5. The first-order valence-electron chi connectivity index (χ1n) is 9.40. The molecule has 0 unspecified atom stereocenters. The summed E-state index contributed by atoms with van der Waals surface area (Å²) in [4.78, 5) is 22.4. The van der Waals surface area contributed by atoms with Gasteiger partial charge in [-0.15, -0.1) is 0 Å². The Hall–Kier alpha value is -3.32. The highest BCUT2D eigenvalue weighted by Gasteiger charge is 2.30. The molecule has 30 heavy (non-hydrogen) atoms. The molecule has 0 spiro atoms. The van der Waals surface area contributed by atoms with Gasteiger partial charge in [0.1, 0.15) is 17.9 Å². The van der Waals surface area contributed by atoms with Crippen LogP contribution < -0.4 is 14.4 Å². The number of methoxy groups -OCH3 is 1. The molecular formula is C22H20ClN3O4. The maximum absolute atomic E-state index is 11.7. The van der Waals surface area contributed by atoms with E-state index < -0.39 is 5.97 Å². The van der Waals surface area contributed by atoms with Crippen LogP contribution in [0.1, 0.15) is 28.4 Å². The summed E-state index contributed by atoms with van der Waals surface area (Å²) in [6.07, 6.45) is 2.14. The van der Waals surface area contributed by atoms with Crippen molar-refractivity contribution in [2.45, 2.75) is 26.0 Å². The third-order valence-corrected chi connectivity index (χ3v) is 5.37. The van der Waals surface area contributed by atoms with Crippen LogP contribution in [0.4, 0.5) is 11.6 Å². The van der Waals surface area contributed by atoms with Crippen LogP contribution >= 0.6 is 11.6 Å². The number of aromatic carboxylic acids is 1. The molecule has 2 heterocycles. The Morgan fingerprint density at radius 2 is 2.10 bits per heavy atom. The van der Waals surface area contributed by atoms with Gasteiger partial charge in [0.05, 0.1) is 18.3 Å². The number of hydrogen-bond acceptors (Lipinski definition) is 6. The Balaban J connectivity index is 1.65. The number of halogens is 1. The molecule has 1 N–H and O–H groups in total. The van der Waals surface area contributed by atoms with Gasteiger partial charge in [0.25, 0.3) is 0 Å². The molecule has 0 saturated heterocycles. The van der Waals surface area contributed by atoms with E-state index in [0.29, 0.717) is 22.3 Å². The lowest BCUT2D eigenvalue weighted by Gasteiger charge is -2.23. The van der Waals surface area contributed by atoms with E-state index in [4.69, 9.17) is 21.1 Å². The van der Waals surface area contributed by atoms with E-state index in [2.05, 4.69) is 23.0 Å². The van der Waals surface area contributed by atoms with Gasteiger partial charge in [0.2, 0.25) is 11.8 Å². The average Bonchev–Trinajstić information content (AvgIpc) is 3.08. The molecule has 154 valence electrons. The molecule has 0 radical (unpaired) electrons. The molecule has 0 amide bonds. The molecule has 0 bridgehead atoms. The fraction of sp³-hybridized carbons (Fsp3) is 0.227. The summed E-state index contributed by atoms with van der Waals surface area (Å²) in [6, 6.07) is 13.4. The Labute approximate surface area is 178 Å². The summed E-state index contributed by atoms with van der Waals surface area (Å²) in [5.74, 6) is -0.141. The minimum absolute atomic E-state index is 0.00374. The van der Waals surface area contributed by atoms with Crippen LogP contribution in [-0.4, -0.2) is 34.2 Å². The summed E-state index contributed by atoms with van der Waals surface area (Å²) in [5, 5.41) is 10.00. The van der Waals surface area contributed by atoms with Crippen molar-refractivity contribution in [3.05, 3.63) is 70.4 Å². The maximum Gasteiger partial charge on any atom is 0.342 e. The van der Waals surface area contributed by atoms with Crippen LogP contribution in [0.15, 0.2) is 48.7 Å². The van der Waals surface area contributed by atoms with Crippen LogP contribution in [0.5, 0.6) is 11.6 Å². The quantitative estimate of drug-likeness (QED) is 0.622. The smallest absolute Gasteiger partial charge is 0.342 e. The molecule has 0 aliphatic carbocycles. The van der Waals surface area contributed by atoms with Crippen molar-refractivity contribution >= 4 is 29.2 Å². The Kier molecular flexibility index (Phi) is 5.46. The molecule has 1 aromatic heterocycles. The number of aromatic nitrogens is 2. The fourth-order valence-electron chi connectivity index (χ4n) is 3.52. The number of ether oxygens (including phenoxy) is 2. The molecule has 0 fully saturated rings. The van der Waals surface area contributed by atoms with Gasteiger partial charge in [-0.2, -0.15) is 4.98 Å². The van der Waals surface area contributed by atoms with Crippen molar-refractivity contribution in [3.63, 3.8) is 0 Å². The van der Waals surface area contributed by atoms with E-state index in [1.54, 1.807) is 25.3 Å². The first-order valence-corrected chi connectivity index (χ1v) is 9.78. The first kappa shape index (κ1) is 20.0. The summed E-state index contributed by atoms with van der Waals surface area (Å²) in [5.41, 5.74) is 2.79. The van der Waals surface area contributed by atoms with Crippen molar-refractivity contribution in [2.75, 3.05) is 12.0 Å². The predicted molar refractivity (Wildman–Crippen MR) is 113 cm³/mol. The molecule has 2 aromatic carbocycles. The maximum atomic E-state index is 11.7. The van der Waals surface area contributed by atoms with E-state index in [1.165, 1.54) is 11.8 Å². The summed E-state index contributed by atoms with van der Waals surface area (Å²) < 4.78 is 10.9. The van der Waals surface area contributed by atoms with Crippen molar-refractivity contribution in [1.29, 1.82) is 0 Å². The van der Waals surface area contributed by atoms with Gasteiger partial charge in [0.15, 0.2) is 0 Å². The summed E-state index contributed by atoms with van der Waals surface area (Å²) >= 11 is 6.27. The third kappa shape index (κ3) is 3.76. The molecule has 3 aromatic rings. The number of hydrogen-bond donors (Lipinski definition) is 1. The zero-order chi connectivity index (χ0) is 21.3. The number of carbonyl (C=O) groups is 1. The van der Waals surface area contributed by atoms with Gasteiger partial charge in [-0.1, -0.05) is 35.9 Å². The lowest BCUT2D eigenvalue weighted by Crippen LogP contribution is -2.26. The molecule has 4 rings (SSSR count). The van der Waals surface area contributed by atoms with Crippen molar-refractivity contribution in [3.8, 4) is 11.6 Å². The second kappa shape index (κ2) is 8.20. The number of benzene rings is 2. The number of carboxylic acid groups (broad SMARTS) is 1. The Morgan fingerprint density at radius 1 is 1.30 bits per heavy atom. The van der Waals surface area contributed by atoms with Crippen molar-refractivity contribution < 1.29 is 19.4 Å². The fourth-order valence-corrected chi connectivity index (χ4v) is 3.74. The zero-order valence-corrected chi connectivity index (χ0v) is 17.3. The topological polar surface area (TPSA) is 84.8 Å². The van der Waals surface area contributed by atoms with Crippen LogP contribution in [0.3, 0.4) is 0 Å². The van der Waals surface area contributed by atoms with Gasteiger partial charge in [0, 0.05) is 17.3 Å². The largest absolute Gasteiger partial charge is 0.497 e. The zero-order valence-electron chi connectivity index (χ0n) is 16.5. The van der Waals surface area contributed by atoms with Crippen LogP contribution in [0.25, 0.3) is 0 Å². The number of anilines is 2. The van der Waals surface area contributed by atoms with Gasteiger partial charge < -0.3 is 19.5 Å². The summed E-state index contributed by atoms with van der Waals surface area (Å²) in [6.45, 7) is 2.14. The minimum atomic E-state index is -1.16. The van der Waals surface area contributed by atoms with Gasteiger partial charge in [-0.3, -0.25) is 0 Å². The van der Waals surface area contributed by atoms with E-state index >= 15 is 0 Å². The standard InChI is InChI=1S/C22H20ClN3O4/c1-13-9-14-5-3-4-6-19(14)26(13)22-24-11-17(21(27)28)20(25-22)30-12-15-7-8-16(29-2)10-18(15)23/h3-8,10-11,13H,9,12H2,1-2H3,(H,27,28)/t13-/m1/s1. The second-order valence-electron chi connectivity index (χ2n) is 6.99. The monoisotopic (exact) mass is 425 g/mol.